The lowest BCUT2D eigenvalue weighted by Gasteiger charge is -2.27. The number of nitrogens with zero attached hydrogens (tertiary/aromatic N) is 2. The molecular formula is C23H20F3N3O2. The van der Waals surface area contributed by atoms with E-state index in [4.69, 9.17) is 15.2 Å². The molecule has 5 nitrogen and oxygen atoms in total. The molecule has 2 aromatic carbocycles. The highest BCUT2D eigenvalue weighted by Crippen LogP contribution is 2.43. The first kappa shape index (κ1) is 20.7. The number of pyridine rings is 1. The number of nitrogens with two attached hydrogens (primary N) is 1. The minimum Gasteiger partial charge on any atom is -0.496 e. The van der Waals surface area contributed by atoms with Crippen molar-refractivity contribution in [3.63, 3.8) is 0 Å². The highest BCUT2D eigenvalue weighted by molar-refractivity contribution is 5.76. The second-order valence-electron chi connectivity index (χ2n) is 7.33. The van der Waals surface area contributed by atoms with Gasteiger partial charge in [-0.1, -0.05) is 24.3 Å². The van der Waals surface area contributed by atoms with Crippen molar-refractivity contribution in [3.05, 3.63) is 83.4 Å². The molecule has 4 rings (SSSR count). The van der Waals surface area contributed by atoms with Gasteiger partial charge in [0.1, 0.15) is 12.4 Å². The van der Waals surface area contributed by atoms with E-state index in [-0.39, 0.29) is 23.9 Å². The summed E-state index contributed by atoms with van der Waals surface area (Å²) in [6.07, 6.45) is 1.36. The SMILES string of the molecule is COc1ccc(C2(c3cccc(-c4cccnc4F)c3)COC(N)=N2)cc1C(C)(F)F. The van der Waals surface area contributed by atoms with E-state index < -0.39 is 17.4 Å². The first-order valence-electron chi connectivity index (χ1n) is 9.51. The molecule has 1 aromatic heterocycles. The Balaban J connectivity index is 1.91. The van der Waals surface area contributed by atoms with Crippen LogP contribution in [-0.4, -0.2) is 24.7 Å². The zero-order chi connectivity index (χ0) is 22.2. The zero-order valence-corrected chi connectivity index (χ0v) is 16.9. The third-order valence-electron chi connectivity index (χ3n) is 5.29. The summed E-state index contributed by atoms with van der Waals surface area (Å²) in [4.78, 5) is 8.17. The van der Waals surface area contributed by atoms with Gasteiger partial charge in [-0.3, -0.25) is 0 Å². The van der Waals surface area contributed by atoms with Crippen molar-refractivity contribution in [2.24, 2.45) is 10.7 Å². The molecule has 1 atom stereocenters. The second kappa shape index (κ2) is 7.61. The average Bonchev–Trinajstić information content (AvgIpc) is 3.16. The van der Waals surface area contributed by atoms with Gasteiger partial charge < -0.3 is 15.2 Å². The highest BCUT2D eigenvalue weighted by atomic mass is 19.3. The maximum absolute atomic E-state index is 14.3. The van der Waals surface area contributed by atoms with Crippen LogP contribution in [0.25, 0.3) is 11.1 Å². The van der Waals surface area contributed by atoms with Gasteiger partial charge in [-0.2, -0.15) is 4.39 Å². The van der Waals surface area contributed by atoms with E-state index >= 15 is 0 Å². The van der Waals surface area contributed by atoms with Gasteiger partial charge in [-0.15, -0.1) is 0 Å². The van der Waals surface area contributed by atoms with Crippen LogP contribution in [0.3, 0.4) is 0 Å². The standard InChI is InChI=1S/C23H20F3N3O2/c1-22(25,26)18-12-16(8-9-19(18)30-2)23(13-31-21(27)29-23)15-6-3-5-14(11-15)17-7-4-10-28-20(17)24/h3-12H,13H2,1-2H3,(H2,27,29). The smallest absolute Gasteiger partial charge is 0.283 e. The summed E-state index contributed by atoms with van der Waals surface area (Å²) in [7, 11) is 1.33. The molecule has 0 fully saturated rings. The predicted molar refractivity (Wildman–Crippen MR) is 111 cm³/mol. The topological polar surface area (TPSA) is 69.7 Å². The first-order chi connectivity index (χ1) is 14.7. The lowest BCUT2D eigenvalue weighted by Crippen LogP contribution is -2.28. The van der Waals surface area contributed by atoms with E-state index in [1.54, 1.807) is 42.5 Å². The number of aliphatic imine (C=N–C) groups is 1. The number of hydrogen-bond acceptors (Lipinski definition) is 5. The fraction of sp³-hybridized carbons (Fsp3) is 0.217. The number of hydrogen-bond donors (Lipinski definition) is 1. The van der Waals surface area contributed by atoms with E-state index in [2.05, 4.69) is 9.98 Å². The molecule has 2 N–H and O–H groups in total. The summed E-state index contributed by atoms with van der Waals surface area (Å²) in [6, 6.07) is 14.6. The number of alkyl halides is 2. The Hall–Kier alpha value is -3.55. The lowest BCUT2D eigenvalue weighted by molar-refractivity contribution is 0.0149. The maximum atomic E-state index is 14.3. The van der Waals surface area contributed by atoms with E-state index in [1.165, 1.54) is 25.4 Å². The van der Waals surface area contributed by atoms with E-state index in [0.717, 1.165) is 6.92 Å². The van der Waals surface area contributed by atoms with Crippen LogP contribution in [-0.2, 0) is 16.2 Å². The third kappa shape index (κ3) is 3.69. The van der Waals surface area contributed by atoms with Crippen LogP contribution in [0.15, 0.2) is 65.8 Å². The summed E-state index contributed by atoms with van der Waals surface area (Å²) < 4.78 is 53.4. The number of benzene rings is 2. The summed E-state index contributed by atoms with van der Waals surface area (Å²) in [5.74, 6) is -3.69. The molecule has 0 spiro atoms. The molecule has 0 bridgehead atoms. The third-order valence-corrected chi connectivity index (χ3v) is 5.29. The molecule has 1 aliphatic rings. The molecule has 31 heavy (non-hydrogen) atoms. The molecule has 0 saturated carbocycles. The van der Waals surface area contributed by atoms with E-state index in [0.29, 0.717) is 22.3 Å². The molecular weight excluding hydrogens is 407 g/mol. The second-order valence-corrected chi connectivity index (χ2v) is 7.33. The van der Waals surface area contributed by atoms with Crippen molar-refractivity contribution in [2.75, 3.05) is 13.7 Å². The highest BCUT2D eigenvalue weighted by Gasteiger charge is 2.42. The van der Waals surface area contributed by atoms with Gasteiger partial charge in [-0.25, -0.2) is 18.8 Å². The van der Waals surface area contributed by atoms with Gasteiger partial charge >= 0.3 is 0 Å². The average molecular weight is 427 g/mol. The Morgan fingerprint density at radius 1 is 1.10 bits per heavy atom. The Morgan fingerprint density at radius 2 is 1.87 bits per heavy atom. The maximum Gasteiger partial charge on any atom is 0.283 e. The van der Waals surface area contributed by atoms with Crippen LogP contribution in [0.1, 0.15) is 23.6 Å². The fourth-order valence-corrected chi connectivity index (χ4v) is 3.75. The largest absolute Gasteiger partial charge is 0.496 e. The van der Waals surface area contributed by atoms with E-state index in [1.807, 2.05) is 0 Å². The van der Waals surface area contributed by atoms with Crippen LogP contribution in [0, 0.1) is 5.95 Å². The van der Waals surface area contributed by atoms with Crippen molar-refractivity contribution in [2.45, 2.75) is 18.4 Å². The van der Waals surface area contributed by atoms with Gasteiger partial charge in [0.25, 0.3) is 11.9 Å². The summed E-state index contributed by atoms with van der Waals surface area (Å²) in [6.45, 7) is 0.814. The summed E-state index contributed by atoms with van der Waals surface area (Å²) in [5, 5.41) is 0. The number of halogens is 3. The Bertz CT molecular complexity index is 1160. The van der Waals surface area contributed by atoms with Gasteiger partial charge in [-0.05, 0) is 47.0 Å². The zero-order valence-electron chi connectivity index (χ0n) is 16.9. The minimum atomic E-state index is -3.14. The van der Waals surface area contributed by atoms with Gasteiger partial charge in [0.2, 0.25) is 5.95 Å². The molecule has 1 aliphatic heterocycles. The van der Waals surface area contributed by atoms with Gasteiger partial charge in [0.15, 0.2) is 5.54 Å². The van der Waals surface area contributed by atoms with Crippen LogP contribution in [0.4, 0.5) is 13.2 Å². The molecule has 0 amide bonds. The van der Waals surface area contributed by atoms with Crippen molar-refractivity contribution < 1.29 is 22.6 Å². The number of rotatable bonds is 5. The molecule has 160 valence electrons. The number of amidine groups is 1. The summed E-state index contributed by atoms with van der Waals surface area (Å²) in [5.41, 5.74) is 6.32. The minimum absolute atomic E-state index is 0.0128. The van der Waals surface area contributed by atoms with Crippen molar-refractivity contribution in [1.82, 2.24) is 4.98 Å². The molecule has 0 saturated heterocycles. The molecule has 8 heteroatoms. The Morgan fingerprint density at radius 3 is 2.52 bits per heavy atom. The van der Waals surface area contributed by atoms with Crippen LogP contribution in [0.2, 0.25) is 0 Å². The Kier molecular flexibility index (Phi) is 5.08. The first-order valence-corrected chi connectivity index (χ1v) is 9.51. The normalized spacial score (nSPS) is 18.4. The Labute approximate surface area is 177 Å². The number of ether oxygens (including phenoxy) is 2. The van der Waals surface area contributed by atoms with Gasteiger partial charge in [0, 0.05) is 18.7 Å². The fourth-order valence-electron chi connectivity index (χ4n) is 3.75. The molecule has 3 aromatic rings. The summed E-state index contributed by atoms with van der Waals surface area (Å²) >= 11 is 0. The number of methoxy groups -OCH3 is 1. The molecule has 0 radical (unpaired) electrons. The number of aromatic nitrogens is 1. The molecule has 0 aliphatic carbocycles. The quantitative estimate of drug-likeness (QED) is 0.605. The van der Waals surface area contributed by atoms with Crippen molar-refractivity contribution in [3.8, 4) is 16.9 Å². The van der Waals surface area contributed by atoms with Crippen LogP contribution >= 0.6 is 0 Å². The molecule has 2 heterocycles. The monoisotopic (exact) mass is 427 g/mol. The predicted octanol–water partition coefficient (Wildman–Crippen LogP) is 4.60. The van der Waals surface area contributed by atoms with Crippen molar-refractivity contribution >= 4 is 6.02 Å². The van der Waals surface area contributed by atoms with Crippen LogP contribution < -0.4 is 10.5 Å². The van der Waals surface area contributed by atoms with Crippen LogP contribution in [0.5, 0.6) is 5.75 Å². The van der Waals surface area contributed by atoms with E-state index in [9.17, 15) is 13.2 Å². The molecule has 1 unspecified atom stereocenters. The van der Waals surface area contributed by atoms with Gasteiger partial charge in [0.05, 0.1) is 12.7 Å². The van der Waals surface area contributed by atoms with Crippen molar-refractivity contribution in [1.29, 1.82) is 0 Å². The lowest BCUT2D eigenvalue weighted by atomic mass is 9.82.